The van der Waals surface area contributed by atoms with Gasteiger partial charge in [0.1, 0.15) is 0 Å². The van der Waals surface area contributed by atoms with E-state index in [1.807, 2.05) is 6.92 Å². The van der Waals surface area contributed by atoms with Gasteiger partial charge in [0.25, 0.3) is 0 Å². The Balaban J connectivity index is 2.05. The van der Waals surface area contributed by atoms with Gasteiger partial charge in [-0.25, -0.2) is 0 Å². The number of benzene rings is 1. The van der Waals surface area contributed by atoms with Gasteiger partial charge >= 0.3 is 6.18 Å². The molecule has 1 fully saturated rings. The van der Waals surface area contributed by atoms with Gasteiger partial charge in [0.15, 0.2) is 0 Å². The van der Waals surface area contributed by atoms with E-state index in [-0.39, 0.29) is 0 Å². The number of aliphatic hydroxyl groups is 1. The van der Waals surface area contributed by atoms with Crippen LogP contribution in [0.3, 0.4) is 0 Å². The van der Waals surface area contributed by atoms with Crippen molar-refractivity contribution >= 4 is 0 Å². The van der Waals surface area contributed by atoms with E-state index in [0.717, 1.165) is 38.1 Å². The first-order chi connectivity index (χ1) is 11.2. The standard InChI is InChI=1S/C18H26F3NO2/c1-3-24-12-14-6-5-9-22(11-14)13-17(2,23)15-7-4-8-16(10-15)18(19,20)21/h4,7-8,10,14,23H,3,5-6,9,11-13H2,1-2H3. The van der Waals surface area contributed by atoms with Gasteiger partial charge in [-0.05, 0) is 56.8 Å². The molecule has 6 heteroatoms. The van der Waals surface area contributed by atoms with E-state index in [9.17, 15) is 18.3 Å². The molecule has 136 valence electrons. The van der Waals surface area contributed by atoms with Crippen molar-refractivity contribution in [2.45, 2.75) is 38.5 Å². The predicted octanol–water partition coefficient (Wildman–Crippen LogP) is 3.66. The Morgan fingerprint density at radius 2 is 2.00 bits per heavy atom. The molecule has 24 heavy (non-hydrogen) atoms. The van der Waals surface area contributed by atoms with Gasteiger partial charge in [-0.15, -0.1) is 0 Å². The van der Waals surface area contributed by atoms with Gasteiger partial charge < -0.3 is 9.84 Å². The van der Waals surface area contributed by atoms with Crippen LogP contribution >= 0.6 is 0 Å². The van der Waals surface area contributed by atoms with E-state index in [1.54, 1.807) is 13.0 Å². The topological polar surface area (TPSA) is 32.7 Å². The Hall–Kier alpha value is -1.11. The van der Waals surface area contributed by atoms with E-state index in [4.69, 9.17) is 4.74 Å². The highest BCUT2D eigenvalue weighted by atomic mass is 19.4. The van der Waals surface area contributed by atoms with Crippen molar-refractivity contribution in [3.63, 3.8) is 0 Å². The van der Waals surface area contributed by atoms with Crippen LogP contribution in [-0.4, -0.2) is 42.9 Å². The van der Waals surface area contributed by atoms with Crippen molar-refractivity contribution in [3.8, 4) is 0 Å². The molecule has 2 unspecified atom stereocenters. The quantitative estimate of drug-likeness (QED) is 0.854. The summed E-state index contributed by atoms with van der Waals surface area (Å²) < 4.78 is 44.1. The van der Waals surface area contributed by atoms with E-state index < -0.39 is 17.3 Å². The highest BCUT2D eigenvalue weighted by Crippen LogP contribution is 2.33. The molecule has 1 aromatic rings. The van der Waals surface area contributed by atoms with E-state index in [0.29, 0.717) is 31.2 Å². The molecule has 2 rings (SSSR count). The second kappa shape index (κ2) is 7.85. The third kappa shape index (κ3) is 5.19. The van der Waals surface area contributed by atoms with Crippen LogP contribution in [0.25, 0.3) is 0 Å². The Labute approximate surface area is 141 Å². The molecular weight excluding hydrogens is 319 g/mol. The lowest BCUT2D eigenvalue weighted by atomic mass is 9.91. The number of piperidine rings is 1. The third-order valence-electron chi connectivity index (χ3n) is 4.50. The summed E-state index contributed by atoms with van der Waals surface area (Å²) in [6.07, 6.45) is -2.31. The van der Waals surface area contributed by atoms with E-state index >= 15 is 0 Å². The maximum Gasteiger partial charge on any atom is 0.416 e. The molecule has 0 saturated carbocycles. The Bertz CT molecular complexity index is 531. The van der Waals surface area contributed by atoms with Gasteiger partial charge in [-0.2, -0.15) is 13.2 Å². The fourth-order valence-corrected chi connectivity index (χ4v) is 3.27. The Kier molecular flexibility index (Phi) is 6.28. The van der Waals surface area contributed by atoms with Gasteiger partial charge in [-0.3, -0.25) is 4.90 Å². The largest absolute Gasteiger partial charge is 0.416 e. The first kappa shape index (κ1) is 19.2. The van der Waals surface area contributed by atoms with Crippen molar-refractivity contribution < 1.29 is 23.0 Å². The summed E-state index contributed by atoms with van der Waals surface area (Å²) in [6.45, 7) is 6.87. The lowest BCUT2D eigenvalue weighted by Crippen LogP contribution is -2.44. The minimum atomic E-state index is -4.40. The van der Waals surface area contributed by atoms with Crippen molar-refractivity contribution in [3.05, 3.63) is 35.4 Å². The van der Waals surface area contributed by atoms with Crippen molar-refractivity contribution in [1.29, 1.82) is 0 Å². The van der Waals surface area contributed by atoms with E-state index in [2.05, 4.69) is 4.90 Å². The zero-order valence-electron chi connectivity index (χ0n) is 14.3. The molecule has 1 aliphatic rings. The summed E-state index contributed by atoms with van der Waals surface area (Å²) >= 11 is 0. The van der Waals surface area contributed by atoms with E-state index in [1.165, 1.54) is 6.07 Å². The molecule has 0 radical (unpaired) electrons. The van der Waals surface area contributed by atoms with Crippen molar-refractivity contribution in [2.75, 3.05) is 32.8 Å². The monoisotopic (exact) mass is 345 g/mol. The molecule has 3 nitrogen and oxygen atoms in total. The lowest BCUT2D eigenvalue weighted by Gasteiger charge is -2.37. The van der Waals surface area contributed by atoms with Crippen LogP contribution in [0.15, 0.2) is 24.3 Å². The molecule has 0 aromatic heterocycles. The SMILES string of the molecule is CCOCC1CCCN(CC(C)(O)c2cccc(C(F)(F)F)c2)C1. The number of hydrogen-bond donors (Lipinski definition) is 1. The van der Waals surface area contributed by atoms with Crippen molar-refractivity contribution in [2.24, 2.45) is 5.92 Å². The number of alkyl halides is 3. The second-order valence-corrected chi connectivity index (χ2v) is 6.76. The molecule has 0 bridgehead atoms. The smallest absolute Gasteiger partial charge is 0.384 e. The number of halogens is 3. The molecule has 1 N–H and O–H groups in total. The van der Waals surface area contributed by atoms with Crippen LogP contribution in [0, 0.1) is 5.92 Å². The first-order valence-corrected chi connectivity index (χ1v) is 8.42. The van der Waals surface area contributed by atoms with Crippen LogP contribution in [-0.2, 0) is 16.5 Å². The molecule has 1 saturated heterocycles. The summed E-state index contributed by atoms with van der Waals surface area (Å²) in [5.41, 5.74) is -1.76. The number of hydrogen-bond acceptors (Lipinski definition) is 3. The summed E-state index contributed by atoms with van der Waals surface area (Å²) in [6, 6.07) is 4.97. The first-order valence-electron chi connectivity index (χ1n) is 8.42. The van der Waals surface area contributed by atoms with Gasteiger partial charge in [-0.1, -0.05) is 12.1 Å². The third-order valence-corrected chi connectivity index (χ3v) is 4.50. The molecule has 1 aromatic carbocycles. The number of β-amino-alcohol motifs (C(OH)–C–C–N with tert-alkyl or cyclic N) is 1. The normalized spacial score (nSPS) is 22.3. The zero-order chi connectivity index (χ0) is 17.8. The molecule has 2 atom stereocenters. The zero-order valence-corrected chi connectivity index (χ0v) is 14.3. The maximum absolute atomic E-state index is 12.9. The average Bonchev–Trinajstić information content (AvgIpc) is 2.52. The fourth-order valence-electron chi connectivity index (χ4n) is 3.27. The Morgan fingerprint density at radius 1 is 1.29 bits per heavy atom. The number of likely N-dealkylation sites (tertiary alicyclic amines) is 1. The van der Waals surface area contributed by atoms with Crippen LogP contribution in [0.1, 0.15) is 37.8 Å². The minimum absolute atomic E-state index is 0.296. The number of nitrogens with zero attached hydrogens (tertiary/aromatic N) is 1. The summed E-state index contributed by atoms with van der Waals surface area (Å²) in [7, 11) is 0. The van der Waals surface area contributed by atoms with Crippen LogP contribution in [0.4, 0.5) is 13.2 Å². The van der Waals surface area contributed by atoms with Crippen molar-refractivity contribution in [1.82, 2.24) is 4.90 Å². The van der Waals surface area contributed by atoms with Gasteiger partial charge in [0.05, 0.1) is 17.8 Å². The molecule has 1 heterocycles. The molecule has 0 amide bonds. The summed E-state index contributed by atoms with van der Waals surface area (Å²) in [5, 5.41) is 10.8. The maximum atomic E-state index is 12.9. The number of rotatable bonds is 6. The number of ether oxygens (including phenoxy) is 1. The molecule has 0 aliphatic carbocycles. The van der Waals surface area contributed by atoms with Gasteiger partial charge in [0, 0.05) is 19.7 Å². The summed E-state index contributed by atoms with van der Waals surface area (Å²) in [5.74, 6) is 0.413. The summed E-state index contributed by atoms with van der Waals surface area (Å²) in [4.78, 5) is 2.12. The highest BCUT2D eigenvalue weighted by molar-refractivity contribution is 5.29. The highest BCUT2D eigenvalue weighted by Gasteiger charge is 2.34. The average molecular weight is 345 g/mol. The lowest BCUT2D eigenvalue weighted by molar-refractivity contribution is -0.137. The van der Waals surface area contributed by atoms with Crippen LogP contribution in [0.2, 0.25) is 0 Å². The predicted molar refractivity (Wildman–Crippen MR) is 86.7 cm³/mol. The molecule has 1 aliphatic heterocycles. The molecular formula is C18H26F3NO2. The fraction of sp³-hybridized carbons (Fsp3) is 0.667. The molecule has 0 spiro atoms. The van der Waals surface area contributed by atoms with Gasteiger partial charge in [0.2, 0.25) is 0 Å². The van der Waals surface area contributed by atoms with Crippen LogP contribution in [0.5, 0.6) is 0 Å². The second-order valence-electron chi connectivity index (χ2n) is 6.76. The van der Waals surface area contributed by atoms with Crippen LogP contribution < -0.4 is 0 Å². The minimum Gasteiger partial charge on any atom is -0.384 e. The Morgan fingerprint density at radius 3 is 2.67 bits per heavy atom.